The Morgan fingerprint density at radius 2 is 1.30 bits per heavy atom. The summed E-state index contributed by atoms with van der Waals surface area (Å²) in [5.41, 5.74) is -7.20. The first-order chi connectivity index (χ1) is 15.2. The van der Waals surface area contributed by atoms with Crippen molar-refractivity contribution in [2.24, 2.45) is 0 Å². The second kappa shape index (κ2) is 8.34. The molecule has 0 aliphatic heterocycles. The molecule has 0 aliphatic carbocycles. The quantitative estimate of drug-likeness (QED) is 0.455. The highest BCUT2D eigenvalue weighted by atomic mass is 32.2. The molecule has 4 nitrogen and oxygen atoms in total. The molecule has 0 radical (unpaired) electrons. The predicted molar refractivity (Wildman–Crippen MR) is 105 cm³/mol. The Morgan fingerprint density at radius 3 is 1.79 bits per heavy atom. The molecular formula is C21H14F7NO3S. The highest BCUT2D eigenvalue weighted by Crippen LogP contribution is 2.50. The predicted octanol–water partition coefficient (Wildman–Crippen LogP) is 5.61. The monoisotopic (exact) mass is 493 g/mol. The highest BCUT2D eigenvalue weighted by Gasteiger charge is 2.71. The van der Waals surface area contributed by atoms with Crippen molar-refractivity contribution < 1.29 is 44.3 Å². The van der Waals surface area contributed by atoms with Crippen molar-refractivity contribution in [2.75, 3.05) is 4.72 Å². The summed E-state index contributed by atoms with van der Waals surface area (Å²) in [7, 11) is -3.91. The van der Waals surface area contributed by atoms with Crippen molar-refractivity contribution >= 4 is 15.7 Å². The standard InChI is InChI=1S/C21H14F7NO3S/c22-18-12-14(19(30,20(23,24)25)21(26,27)28)8-11-17(18)13-6-9-15(10-7-13)29-33(31,32)16-4-2-1-3-5-16/h1-12,29-30H. The maximum absolute atomic E-state index is 14.5. The van der Waals surface area contributed by atoms with Gasteiger partial charge in [-0.15, -0.1) is 0 Å². The minimum Gasteiger partial charge on any atom is -0.369 e. The van der Waals surface area contributed by atoms with Crippen molar-refractivity contribution in [1.29, 1.82) is 0 Å². The molecule has 0 saturated heterocycles. The number of hydrogen-bond donors (Lipinski definition) is 2. The van der Waals surface area contributed by atoms with Crippen LogP contribution in [0.15, 0.2) is 77.7 Å². The number of nitrogens with one attached hydrogen (secondary N) is 1. The molecule has 2 N–H and O–H groups in total. The number of aliphatic hydroxyl groups is 1. The molecule has 3 aromatic carbocycles. The van der Waals surface area contributed by atoms with Crippen LogP contribution in [0.5, 0.6) is 0 Å². The first-order valence-corrected chi connectivity index (χ1v) is 10.5. The maximum Gasteiger partial charge on any atom is 0.430 e. The Kier molecular flexibility index (Phi) is 6.20. The fourth-order valence-corrected chi connectivity index (χ4v) is 4.07. The summed E-state index contributed by atoms with van der Waals surface area (Å²) in [5, 5.41) is 9.40. The number of hydrogen-bond acceptors (Lipinski definition) is 3. The van der Waals surface area contributed by atoms with Gasteiger partial charge >= 0.3 is 12.4 Å². The van der Waals surface area contributed by atoms with Crippen molar-refractivity contribution in [2.45, 2.75) is 22.8 Å². The van der Waals surface area contributed by atoms with Crippen LogP contribution in [0.2, 0.25) is 0 Å². The van der Waals surface area contributed by atoms with Gasteiger partial charge in [0, 0.05) is 16.8 Å². The number of halogens is 7. The van der Waals surface area contributed by atoms with Crippen molar-refractivity contribution in [3.8, 4) is 11.1 Å². The fourth-order valence-electron chi connectivity index (χ4n) is 2.99. The lowest BCUT2D eigenvalue weighted by Gasteiger charge is -2.32. The first kappa shape index (κ1) is 24.5. The van der Waals surface area contributed by atoms with Crippen molar-refractivity contribution in [1.82, 2.24) is 0 Å². The van der Waals surface area contributed by atoms with Crippen LogP contribution in [-0.2, 0) is 15.6 Å². The summed E-state index contributed by atoms with van der Waals surface area (Å²) in [5.74, 6) is -1.45. The molecule has 0 saturated carbocycles. The normalized spacial score (nSPS) is 13.1. The smallest absolute Gasteiger partial charge is 0.369 e. The van der Waals surface area contributed by atoms with Crippen LogP contribution in [0, 0.1) is 5.82 Å². The van der Waals surface area contributed by atoms with Crippen LogP contribution in [0.1, 0.15) is 5.56 Å². The molecule has 176 valence electrons. The summed E-state index contributed by atoms with van der Waals surface area (Å²) in [6.45, 7) is 0. The summed E-state index contributed by atoms with van der Waals surface area (Å²) in [6.07, 6.45) is -12.3. The Morgan fingerprint density at radius 1 is 0.758 bits per heavy atom. The van der Waals surface area contributed by atoms with E-state index in [9.17, 15) is 44.3 Å². The van der Waals surface area contributed by atoms with E-state index in [1.54, 1.807) is 6.07 Å². The number of benzene rings is 3. The van der Waals surface area contributed by atoms with Crippen LogP contribution in [0.4, 0.5) is 36.4 Å². The van der Waals surface area contributed by atoms with Gasteiger partial charge in [0.25, 0.3) is 15.6 Å². The summed E-state index contributed by atoms with van der Waals surface area (Å²) >= 11 is 0. The van der Waals surface area contributed by atoms with Gasteiger partial charge in [0.15, 0.2) is 0 Å². The minimum absolute atomic E-state index is 0.0162. The van der Waals surface area contributed by atoms with Gasteiger partial charge in [-0.25, -0.2) is 12.8 Å². The van der Waals surface area contributed by atoms with Gasteiger partial charge in [0.1, 0.15) is 5.82 Å². The Hall–Kier alpha value is -3.12. The molecule has 0 spiro atoms. The average molecular weight is 493 g/mol. The number of rotatable bonds is 5. The van der Waals surface area contributed by atoms with Crippen molar-refractivity contribution in [3.05, 3.63) is 84.2 Å². The zero-order valence-corrected chi connectivity index (χ0v) is 17.1. The lowest BCUT2D eigenvalue weighted by atomic mass is 9.90. The zero-order valence-electron chi connectivity index (χ0n) is 16.2. The van der Waals surface area contributed by atoms with E-state index in [1.807, 2.05) is 0 Å². The van der Waals surface area contributed by atoms with Gasteiger partial charge in [-0.2, -0.15) is 26.3 Å². The molecule has 0 aromatic heterocycles. The third-order valence-corrected chi connectivity index (χ3v) is 6.11. The summed E-state index contributed by atoms with van der Waals surface area (Å²) < 4.78 is 119. The molecule has 0 unspecified atom stereocenters. The molecule has 0 atom stereocenters. The molecular weight excluding hydrogens is 479 g/mol. The van der Waals surface area contributed by atoms with E-state index in [0.29, 0.717) is 12.1 Å². The topological polar surface area (TPSA) is 66.4 Å². The van der Waals surface area contributed by atoms with E-state index in [4.69, 9.17) is 0 Å². The second-order valence-electron chi connectivity index (χ2n) is 6.90. The van der Waals surface area contributed by atoms with Crippen LogP contribution < -0.4 is 4.72 Å². The Bertz CT molecular complexity index is 1230. The number of anilines is 1. The highest BCUT2D eigenvalue weighted by molar-refractivity contribution is 7.92. The molecule has 3 rings (SSSR count). The number of alkyl halides is 6. The van der Waals surface area contributed by atoms with Crippen molar-refractivity contribution in [3.63, 3.8) is 0 Å². The van der Waals surface area contributed by atoms with Crippen LogP contribution in [-0.4, -0.2) is 25.9 Å². The van der Waals surface area contributed by atoms with Gasteiger partial charge in [-0.1, -0.05) is 42.5 Å². The number of sulfonamides is 1. The van der Waals surface area contributed by atoms with E-state index in [0.717, 1.165) is 0 Å². The Labute approximate surface area is 183 Å². The zero-order chi connectivity index (χ0) is 24.7. The SMILES string of the molecule is O=S(=O)(Nc1ccc(-c2ccc(C(O)(C(F)(F)F)C(F)(F)F)cc2F)cc1)c1ccccc1. The van der Waals surface area contributed by atoms with E-state index in [2.05, 4.69) is 4.72 Å². The molecule has 12 heteroatoms. The molecule has 0 fully saturated rings. The summed E-state index contributed by atoms with van der Waals surface area (Å²) in [6, 6.07) is 13.2. The minimum atomic E-state index is -6.14. The average Bonchev–Trinajstić information content (AvgIpc) is 2.72. The summed E-state index contributed by atoms with van der Waals surface area (Å²) in [4.78, 5) is -0.0162. The first-order valence-electron chi connectivity index (χ1n) is 9.01. The molecule has 3 aromatic rings. The van der Waals surface area contributed by atoms with Gasteiger partial charge in [-0.05, 0) is 35.9 Å². The molecule has 0 bridgehead atoms. The fraction of sp³-hybridized carbons (Fsp3) is 0.143. The van der Waals surface area contributed by atoms with Crippen LogP contribution >= 0.6 is 0 Å². The molecule has 0 amide bonds. The maximum atomic E-state index is 14.5. The largest absolute Gasteiger partial charge is 0.430 e. The van der Waals surface area contributed by atoms with E-state index in [1.165, 1.54) is 48.5 Å². The third kappa shape index (κ3) is 4.67. The molecule has 0 heterocycles. The molecule has 33 heavy (non-hydrogen) atoms. The van der Waals surface area contributed by atoms with Crippen LogP contribution in [0.25, 0.3) is 11.1 Å². The lowest BCUT2D eigenvalue weighted by molar-refractivity contribution is -0.376. The second-order valence-corrected chi connectivity index (χ2v) is 8.58. The van der Waals surface area contributed by atoms with Gasteiger partial charge < -0.3 is 5.11 Å². The van der Waals surface area contributed by atoms with Gasteiger partial charge in [-0.3, -0.25) is 4.72 Å². The van der Waals surface area contributed by atoms with E-state index < -0.39 is 39.4 Å². The van der Waals surface area contributed by atoms with Gasteiger partial charge in [0.05, 0.1) is 4.90 Å². The van der Waals surface area contributed by atoms with E-state index in [-0.39, 0.29) is 27.8 Å². The third-order valence-electron chi connectivity index (χ3n) is 4.71. The van der Waals surface area contributed by atoms with Gasteiger partial charge in [0.2, 0.25) is 0 Å². The molecule has 0 aliphatic rings. The van der Waals surface area contributed by atoms with Crippen LogP contribution in [0.3, 0.4) is 0 Å². The van der Waals surface area contributed by atoms with E-state index >= 15 is 0 Å². The Balaban J connectivity index is 1.91. The lowest BCUT2D eigenvalue weighted by Crippen LogP contribution is -2.53.